The molecule has 0 spiro atoms. The van der Waals surface area contributed by atoms with Crippen LogP contribution in [0.5, 0.6) is 0 Å². The Morgan fingerprint density at radius 3 is 2.64 bits per heavy atom. The van der Waals surface area contributed by atoms with E-state index in [2.05, 4.69) is 21.7 Å². The van der Waals surface area contributed by atoms with Crippen molar-refractivity contribution in [3.63, 3.8) is 0 Å². The molecule has 0 aliphatic carbocycles. The standard InChI is InChI=1S/C31H41N3O5/c1-2-17-37-31(36)32-26-8-5-7-25(18-26)30-38-28(19-29(39-30)24-12-10-23(22-35)11-13-24)21-34-16-6-9-27(34)20-33-14-3-4-15-33/h2,5,7-8,10-13,18,27-30,35H,1,3-4,6,9,14-17,19-22H2,(H,32,36). The summed E-state index contributed by atoms with van der Waals surface area (Å²) in [5, 5.41) is 12.3. The molecule has 0 saturated carbocycles. The second-order valence-corrected chi connectivity index (χ2v) is 10.8. The Morgan fingerprint density at radius 1 is 1.05 bits per heavy atom. The molecule has 0 aromatic heterocycles. The van der Waals surface area contributed by atoms with Crippen LogP contribution < -0.4 is 5.32 Å². The van der Waals surface area contributed by atoms with Crippen LogP contribution in [0.2, 0.25) is 0 Å². The van der Waals surface area contributed by atoms with E-state index in [4.69, 9.17) is 14.2 Å². The maximum Gasteiger partial charge on any atom is 0.411 e. The van der Waals surface area contributed by atoms with Crippen molar-refractivity contribution < 1.29 is 24.1 Å². The van der Waals surface area contributed by atoms with Gasteiger partial charge in [-0.2, -0.15) is 0 Å². The molecule has 39 heavy (non-hydrogen) atoms. The number of amides is 1. The summed E-state index contributed by atoms with van der Waals surface area (Å²) >= 11 is 0. The number of carbonyl (C=O) groups excluding carboxylic acids is 1. The van der Waals surface area contributed by atoms with E-state index in [0.29, 0.717) is 11.7 Å². The summed E-state index contributed by atoms with van der Waals surface area (Å²) in [6.07, 6.45) is 6.14. The number of aliphatic hydroxyl groups excluding tert-OH is 1. The van der Waals surface area contributed by atoms with Gasteiger partial charge in [-0.15, -0.1) is 0 Å². The number of likely N-dealkylation sites (tertiary alicyclic amines) is 2. The minimum absolute atomic E-state index is 0.000353. The molecule has 2 aromatic carbocycles. The number of rotatable bonds is 10. The van der Waals surface area contributed by atoms with Gasteiger partial charge in [0.1, 0.15) is 6.61 Å². The highest BCUT2D eigenvalue weighted by atomic mass is 16.7. The van der Waals surface area contributed by atoms with E-state index in [1.807, 2.05) is 48.5 Å². The first-order valence-corrected chi connectivity index (χ1v) is 14.2. The van der Waals surface area contributed by atoms with E-state index in [1.54, 1.807) is 0 Å². The van der Waals surface area contributed by atoms with E-state index >= 15 is 0 Å². The smallest absolute Gasteiger partial charge is 0.411 e. The molecule has 3 saturated heterocycles. The highest BCUT2D eigenvalue weighted by molar-refractivity contribution is 5.84. The van der Waals surface area contributed by atoms with E-state index in [-0.39, 0.29) is 25.4 Å². The fourth-order valence-corrected chi connectivity index (χ4v) is 5.95. The maximum absolute atomic E-state index is 12.1. The van der Waals surface area contributed by atoms with Crippen LogP contribution in [-0.4, -0.2) is 72.5 Å². The second-order valence-electron chi connectivity index (χ2n) is 10.8. The number of nitrogens with one attached hydrogen (secondary N) is 1. The lowest BCUT2D eigenvalue weighted by atomic mass is 9.99. The number of anilines is 1. The topological polar surface area (TPSA) is 83.5 Å². The van der Waals surface area contributed by atoms with Crippen molar-refractivity contribution in [2.75, 3.05) is 44.6 Å². The molecular formula is C31H41N3O5. The SMILES string of the molecule is C=CCOC(=O)Nc1cccc(C2OC(CN3CCCC3CN3CCCC3)CC(c3ccc(CO)cc3)O2)c1. The number of hydrogen-bond donors (Lipinski definition) is 2. The monoisotopic (exact) mass is 535 g/mol. The molecular weight excluding hydrogens is 494 g/mol. The van der Waals surface area contributed by atoms with Crippen molar-refractivity contribution in [1.82, 2.24) is 9.80 Å². The number of aliphatic hydroxyl groups is 1. The van der Waals surface area contributed by atoms with Crippen LogP contribution in [-0.2, 0) is 20.8 Å². The minimum atomic E-state index is -0.572. The molecule has 2 aromatic rings. The molecule has 3 heterocycles. The Labute approximate surface area is 231 Å². The molecule has 3 aliphatic heterocycles. The van der Waals surface area contributed by atoms with E-state index in [0.717, 1.165) is 42.7 Å². The van der Waals surface area contributed by atoms with E-state index in [1.165, 1.54) is 44.8 Å². The molecule has 8 nitrogen and oxygen atoms in total. The zero-order chi connectivity index (χ0) is 27.0. The Bertz CT molecular complexity index is 1090. The summed E-state index contributed by atoms with van der Waals surface area (Å²) in [7, 11) is 0. The second kappa shape index (κ2) is 13.5. The molecule has 0 radical (unpaired) electrons. The summed E-state index contributed by atoms with van der Waals surface area (Å²) in [6, 6.07) is 16.1. The van der Waals surface area contributed by atoms with E-state index in [9.17, 15) is 9.90 Å². The van der Waals surface area contributed by atoms with Crippen molar-refractivity contribution >= 4 is 11.8 Å². The summed E-state index contributed by atoms with van der Waals surface area (Å²) in [6.45, 7) is 9.30. The normalized spacial score (nSPS) is 26.0. The number of benzene rings is 2. The molecule has 4 unspecified atom stereocenters. The van der Waals surface area contributed by atoms with Gasteiger partial charge >= 0.3 is 6.09 Å². The predicted octanol–water partition coefficient (Wildman–Crippen LogP) is 5.02. The Hall–Kier alpha value is -2.75. The number of carbonyl (C=O) groups is 1. The third-order valence-electron chi connectivity index (χ3n) is 7.96. The summed E-state index contributed by atoms with van der Waals surface area (Å²) < 4.78 is 18.2. The summed E-state index contributed by atoms with van der Waals surface area (Å²) in [5.74, 6) is 0. The number of hydrogen-bond acceptors (Lipinski definition) is 7. The van der Waals surface area contributed by atoms with Gasteiger partial charge in [-0.3, -0.25) is 10.2 Å². The van der Waals surface area contributed by atoms with Gasteiger partial charge in [-0.1, -0.05) is 49.1 Å². The maximum atomic E-state index is 12.1. The van der Waals surface area contributed by atoms with Crippen molar-refractivity contribution in [3.05, 3.63) is 77.9 Å². The quantitative estimate of drug-likeness (QED) is 0.414. The lowest BCUT2D eigenvalue weighted by Gasteiger charge is -2.39. The van der Waals surface area contributed by atoms with Crippen molar-refractivity contribution in [3.8, 4) is 0 Å². The van der Waals surface area contributed by atoms with Gasteiger partial charge in [0.05, 0.1) is 18.8 Å². The Kier molecular flexibility index (Phi) is 9.66. The molecule has 210 valence electrons. The third-order valence-corrected chi connectivity index (χ3v) is 7.96. The van der Waals surface area contributed by atoms with E-state index < -0.39 is 12.4 Å². The van der Waals surface area contributed by atoms with Crippen molar-refractivity contribution in [1.29, 1.82) is 0 Å². The van der Waals surface area contributed by atoms with Gasteiger partial charge in [0.25, 0.3) is 0 Å². The summed E-state index contributed by atoms with van der Waals surface area (Å²) in [4.78, 5) is 17.3. The molecule has 1 amide bonds. The van der Waals surface area contributed by atoms with Crippen LogP contribution >= 0.6 is 0 Å². The average molecular weight is 536 g/mol. The lowest BCUT2D eigenvalue weighted by molar-refractivity contribution is -0.253. The van der Waals surface area contributed by atoms with Crippen LogP contribution in [0.4, 0.5) is 10.5 Å². The largest absolute Gasteiger partial charge is 0.445 e. The van der Waals surface area contributed by atoms with Gasteiger partial charge in [-0.05, 0) is 68.6 Å². The molecule has 5 rings (SSSR count). The zero-order valence-corrected chi connectivity index (χ0v) is 22.7. The third kappa shape index (κ3) is 7.47. The fraction of sp³-hybridized carbons (Fsp3) is 0.516. The average Bonchev–Trinajstić information content (AvgIpc) is 3.64. The Balaban J connectivity index is 1.32. The van der Waals surface area contributed by atoms with Crippen LogP contribution in [0.15, 0.2) is 61.2 Å². The van der Waals surface area contributed by atoms with Gasteiger partial charge in [0.15, 0.2) is 6.29 Å². The highest BCUT2D eigenvalue weighted by Gasteiger charge is 2.36. The molecule has 0 bridgehead atoms. The van der Waals surface area contributed by atoms with Gasteiger partial charge in [-0.25, -0.2) is 4.79 Å². The molecule has 3 aliphatic rings. The predicted molar refractivity (Wildman–Crippen MR) is 150 cm³/mol. The molecule has 8 heteroatoms. The molecule has 3 fully saturated rings. The minimum Gasteiger partial charge on any atom is -0.445 e. The lowest BCUT2D eigenvalue weighted by Crippen LogP contribution is -2.45. The van der Waals surface area contributed by atoms with Gasteiger partial charge in [0, 0.05) is 36.8 Å². The molecule has 4 atom stereocenters. The highest BCUT2D eigenvalue weighted by Crippen LogP contribution is 2.39. The van der Waals surface area contributed by atoms with Crippen LogP contribution in [0.1, 0.15) is 61.2 Å². The summed E-state index contributed by atoms with van der Waals surface area (Å²) in [5.41, 5.74) is 3.41. The first-order valence-electron chi connectivity index (χ1n) is 14.2. The van der Waals surface area contributed by atoms with Gasteiger partial charge in [0.2, 0.25) is 0 Å². The first-order chi connectivity index (χ1) is 19.1. The number of nitrogens with zero attached hydrogens (tertiary/aromatic N) is 2. The van der Waals surface area contributed by atoms with Gasteiger partial charge < -0.3 is 24.2 Å². The first kappa shape index (κ1) is 27.8. The van der Waals surface area contributed by atoms with Crippen molar-refractivity contribution in [2.24, 2.45) is 0 Å². The Morgan fingerprint density at radius 2 is 1.87 bits per heavy atom. The molecule has 2 N–H and O–H groups in total. The number of ether oxygens (including phenoxy) is 3. The van der Waals surface area contributed by atoms with Crippen LogP contribution in [0.25, 0.3) is 0 Å². The van der Waals surface area contributed by atoms with Crippen LogP contribution in [0.3, 0.4) is 0 Å². The zero-order valence-electron chi connectivity index (χ0n) is 22.7. The van der Waals surface area contributed by atoms with Crippen LogP contribution in [0, 0.1) is 0 Å². The van der Waals surface area contributed by atoms with Crippen molar-refractivity contribution in [2.45, 2.75) is 63.3 Å². The fourth-order valence-electron chi connectivity index (χ4n) is 5.95.